The number of carboxylic acids is 1. The van der Waals surface area contributed by atoms with Crippen LogP contribution in [0.15, 0.2) is 114 Å². The van der Waals surface area contributed by atoms with Crippen LogP contribution >= 0.6 is 23.4 Å². The van der Waals surface area contributed by atoms with Crippen LogP contribution in [0.4, 0.5) is 18.9 Å². The molecule has 2 amide bonds. The Labute approximate surface area is 276 Å². The fourth-order valence-electron chi connectivity index (χ4n) is 4.58. The van der Waals surface area contributed by atoms with Crippen LogP contribution in [0, 0.1) is 0 Å². The second-order valence-electron chi connectivity index (χ2n) is 10.3. The number of benzene rings is 4. The van der Waals surface area contributed by atoms with Crippen molar-refractivity contribution in [1.29, 1.82) is 0 Å². The molecule has 12 heteroatoms. The SMILES string of the molecule is O=C(O)c1cccc(SCc2cccc(C(=O)Nc3ccc(Cl)cc3-c3cc(C(=O)NCc4cccc(C(F)(F)F)c4)ccn3)c2)c1. The monoisotopic (exact) mass is 675 g/mol. The first-order chi connectivity index (χ1) is 22.5. The smallest absolute Gasteiger partial charge is 0.416 e. The van der Waals surface area contributed by atoms with Crippen molar-refractivity contribution in [1.82, 2.24) is 10.3 Å². The fourth-order valence-corrected chi connectivity index (χ4v) is 5.65. The van der Waals surface area contributed by atoms with Gasteiger partial charge < -0.3 is 15.7 Å². The summed E-state index contributed by atoms with van der Waals surface area (Å²) in [5.41, 5.74) is 2.29. The number of aromatic carboxylic acids is 1. The molecule has 0 bridgehead atoms. The summed E-state index contributed by atoms with van der Waals surface area (Å²) in [4.78, 5) is 42.7. The number of rotatable bonds is 10. The lowest BCUT2D eigenvalue weighted by molar-refractivity contribution is -0.137. The van der Waals surface area contributed by atoms with Gasteiger partial charge in [-0.15, -0.1) is 11.8 Å². The molecule has 0 aliphatic carbocycles. The van der Waals surface area contributed by atoms with Crippen LogP contribution in [0.25, 0.3) is 11.3 Å². The summed E-state index contributed by atoms with van der Waals surface area (Å²) in [6.07, 6.45) is -3.09. The Morgan fingerprint density at radius 2 is 1.51 bits per heavy atom. The minimum absolute atomic E-state index is 0.120. The first-order valence-corrected chi connectivity index (χ1v) is 15.4. The molecule has 0 saturated heterocycles. The highest BCUT2D eigenvalue weighted by Crippen LogP contribution is 2.32. The maximum absolute atomic E-state index is 13.3. The number of anilines is 1. The van der Waals surface area contributed by atoms with E-state index in [0.717, 1.165) is 22.6 Å². The minimum atomic E-state index is -4.50. The molecule has 3 N–H and O–H groups in total. The number of aromatic nitrogens is 1. The third-order valence-corrected chi connectivity index (χ3v) is 8.21. The van der Waals surface area contributed by atoms with Crippen LogP contribution < -0.4 is 10.6 Å². The Morgan fingerprint density at radius 3 is 2.30 bits per heavy atom. The number of carbonyl (C=O) groups is 3. The van der Waals surface area contributed by atoms with Crippen molar-refractivity contribution >= 4 is 46.8 Å². The molecule has 0 radical (unpaired) electrons. The highest BCUT2D eigenvalue weighted by molar-refractivity contribution is 7.98. The molecule has 1 aromatic heterocycles. The Kier molecular flexibility index (Phi) is 10.3. The predicted molar refractivity (Wildman–Crippen MR) is 175 cm³/mol. The Hall–Kier alpha value is -5.13. The molecule has 0 unspecified atom stereocenters. The number of halogens is 4. The fraction of sp³-hybridized carbons (Fsp3) is 0.0857. The van der Waals surface area contributed by atoms with Crippen LogP contribution in [0.3, 0.4) is 0 Å². The van der Waals surface area contributed by atoms with Gasteiger partial charge in [0.25, 0.3) is 11.8 Å². The Balaban J connectivity index is 1.29. The number of hydrogen-bond acceptors (Lipinski definition) is 5. The number of carbonyl (C=O) groups excluding carboxylic acids is 2. The first-order valence-electron chi connectivity index (χ1n) is 14.0. The van der Waals surface area contributed by atoms with E-state index in [1.165, 1.54) is 48.3 Å². The molecule has 0 fully saturated rings. The quantitative estimate of drug-likeness (QED) is 0.128. The third kappa shape index (κ3) is 8.78. The van der Waals surface area contributed by atoms with Gasteiger partial charge in [0.15, 0.2) is 0 Å². The molecule has 47 heavy (non-hydrogen) atoms. The Morgan fingerprint density at radius 1 is 0.787 bits per heavy atom. The van der Waals surface area contributed by atoms with Crippen molar-refractivity contribution in [2.24, 2.45) is 0 Å². The lowest BCUT2D eigenvalue weighted by Gasteiger charge is -2.13. The first kappa shape index (κ1) is 33.2. The minimum Gasteiger partial charge on any atom is -0.478 e. The third-order valence-electron chi connectivity index (χ3n) is 6.91. The van der Waals surface area contributed by atoms with Crippen molar-refractivity contribution in [3.05, 3.63) is 148 Å². The number of thioether (sulfide) groups is 1. The summed E-state index contributed by atoms with van der Waals surface area (Å²) in [5, 5.41) is 15.1. The van der Waals surface area contributed by atoms with Crippen molar-refractivity contribution in [3.63, 3.8) is 0 Å². The zero-order valence-corrected chi connectivity index (χ0v) is 25.9. The van der Waals surface area contributed by atoms with Crippen molar-refractivity contribution in [2.45, 2.75) is 23.4 Å². The molecule has 0 saturated carbocycles. The maximum atomic E-state index is 13.3. The van der Waals surface area contributed by atoms with E-state index in [1.54, 1.807) is 48.5 Å². The largest absolute Gasteiger partial charge is 0.478 e. The van der Waals surface area contributed by atoms with Crippen molar-refractivity contribution in [2.75, 3.05) is 5.32 Å². The molecular weight excluding hydrogens is 651 g/mol. The van der Waals surface area contributed by atoms with Gasteiger partial charge in [-0.1, -0.05) is 41.9 Å². The van der Waals surface area contributed by atoms with Gasteiger partial charge in [-0.2, -0.15) is 13.2 Å². The van der Waals surface area contributed by atoms with Crippen molar-refractivity contribution in [3.8, 4) is 11.3 Å². The van der Waals surface area contributed by atoms with Crippen LogP contribution in [0.5, 0.6) is 0 Å². The average Bonchev–Trinajstić information content (AvgIpc) is 3.07. The molecular formula is C35H25ClF3N3O4S. The zero-order chi connectivity index (χ0) is 33.6. The molecule has 5 rings (SSSR count). The summed E-state index contributed by atoms with van der Waals surface area (Å²) >= 11 is 7.73. The second-order valence-corrected chi connectivity index (χ2v) is 11.8. The molecule has 0 atom stereocenters. The van der Waals surface area contributed by atoms with E-state index in [4.69, 9.17) is 11.6 Å². The average molecular weight is 676 g/mol. The van der Waals surface area contributed by atoms with Gasteiger partial charge in [-0.3, -0.25) is 14.6 Å². The van der Waals surface area contributed by atoms with Gasteiger partial charge in [-0.05, 0) is 83.9 Å². The van der Waals surface area contributed by atoms with Gasteiger partial charge in [0.2, 0.25) is 0 Å². The Bertz CT molecular complexity index is 1970. The number of alkyl halides is 3. The molecule has 4 aromatic carbocycles. The molecule has 1 heterocycles. The zero-order valence-electron chi connectivity index (χ0n) is 24.3. The molecule has 0 aliphatic heterocycles. The van der Waals surface area contributed by atoms with E-state index >= 15 is 0 Å². The number of nitrogens with zero attached hydrogens (tertiary/aromatic N) is 1. The number of amides is 2. The van der Waals surface area contributed by atoms with Crippen LogP contribution in [-0.4, -0.2) is 27.9 Å². The summed E-state index contributed by atoms with van der Waals surface area (Å²) in [6, 6.07) is 26.1. The number of pyridine rings is 1. The van der Waals surface area contributed by atoms with Gasteiger partial charge in [-0.25, -0.2) is 4.79 Å². The number of hydrogen-bond donors (Lipinski definition) is 3. The van der Waals surface area contributed by atoms with Crippen LogP contribution in [-0.2, 0) is 18.5 Å². The number of carboxylic acid groups (broad SMARTS) is 1. The second kappa shape index (κ2) is 14.5. The van der Waals surface area contributed by atoms with E-state index in [1.807, 2.05) is 12.1 Å². The van der Waals surface area contributed by atoms with Gasteiger partial charge in [0.05, 0.1) is 22.5 Å². The van der Waals surface area contributed by atoms with E-state index in [0.29, 0.717) is 33.3 Å². The van der Waals surface area contributed by atoms with E-state index in [9.17, 15) is 32.7 Å². The number of nitrogens with one attached hydrogen (secondary N) is 2. The van der Waals surface area contributed by atoms with E-state index < -0.39 is 29.5 Å². The lowest BCUT2D eigenvalue weighted by atomic mass is 10.1. The summed E-state index contributed by atoms with van der Waals surface area (Å²) in [6.45, 7) is -0.120. The highest BCUT2D eigenvalue weighted by atomic mass is 35.5. The van der Waals surface area contributed by atoms with Crippen molar-refractivity contribution < 1.29 is 32.7 Å². The van der Waals surface area contributed by atoms with Gasteiger partial charge in [0.1, 0.15) is 0 Å². The maximum Gasteiger partial charge on any atom is 0.416 e. The van der Waals surface area contributed by atoms with Crippen LogP contribution in [0.1, 0.15) is 47.8 Å². The van der Waals surface area contributed by atoms with Gasteiger partial charge >= 0.3 is 12.1 Å². The van der Waals surface area contributed by atoms with Crippen LogP contribution in [0.2, 0.25) is 5.02 Å². The lowest BCUT2D eigenvalue weighted by Crippen LogP contribution is -2.23. The summed E-state index contributed by atoms with van der Waals surface area (Å²) in [7, 11) is 0. The normalized spacial score (nSPS) is 11.1. The van der Waals surface area contributed by atoms with Gasteiger partial charge in [0, 0.05) is 45.1 Å². The molecule has 0 aliphatic rings. The van der Waals surface area contributed by atoms with E-state index in [-0.39, 0.29) is 23.2 Å². The molecule has 0 spiro atoms. The summed E-state index contributed by atoms with van der Waals surface area (Å²) in [5.74, 6) is -1.43. The molecule has 5 aromatic rings. The predicted octanol–water partition coefficient (Wildman–Crippen LogP) is 8.59. The van der Waals surface area contributed by atoms with E-state index in [2.05, 4.69) is 15.6 Å². The summed E-state index contributed by atoms with van der Waals surface area (Å²) < 4.78 is 39.2. The molecule has 238 valence electrons. The highest BCUT2D eigenvalue weighted by Gasteiger charge is 2.30. The standard InChI is InChI=1S/C35H25ClF3N3O4S/c36-27-10-11-30(42-33(44)23-6-1-5-22(14-23)20-47-28-9-3-7-25(16-28)34(45)46)29(18-27)31-17-24(12-13-40-31)32(43)41-19-21-4-2-8-26(15-21)35(37,38)39/h1-18H,19-20H2,(H,41,43)(H,42,44)(H,45,46). The molecule has 7 nitrogen and oxygen atoms in total. The topological polar surface area (TPSA) is 108 Å².